The van der Waals surface area contributed by atoms with Crippen LogP contribution in [0.2, 0.25) is 0 Å². The summed E-state index contributed by atoms with van der Waals surface area (Å²) in [5.41, 5.74) is 0.867. The number of aryl methyl sites for hydroxylation is 1. The zero-order valence-electron chi connectivity index (χ0n) is 19.8. The summed E-state index contributed by atoms with van der Waals surface area (Å²) < 4.78 is 5.20. The molecule has 2 atom stereocenters. The molecule has 0 aromatic heterocycles. The van der Waals surface area contributed by atoms with Gasteiger partial charge in [-0.3, -0.25) is 9.59 Å². The van der Waals surface area contributed by atoms with Crippen molar-refractivity contribution in [2.75, 3.05) is 19.7 Å². The quantitative estimate of drug-likeness (QED) is 0.357. The number of alkyl carbamates (subject to hydrolysis) is 1. The summed E-state index contributed by atoms with van der Waals surface area (Å²) in [4.78, 5) is 40.0. The first-order chi connectivity index (χ1) is 15.0. The third kappa shape index (κ3) is 8.70. The van der Waals surface area contributed by atoms with E-state index >= 15 is 0 Å². The SMILES string of the molecule is C=CCN(C(=O)C(CO)NC(=O)OC(C)(C)C)C(C(=O)NCCCC)c1ccc(C)cc1. The van der Waals surface area contributed by atoms with Crippen LogP contribution in [0.5, 0.6) is 0 Å². The van der Waals surface area contributed by atoms with Crippen molar-refractivity contribution in [1.29, 1.82) is 0 Å². The summed E-state index contributed by atoms with van der Waals surface area (Å²) in [6.07, 6.45) is 2.39. The standard InChI is InChI=1S/C24H37N3O5/c1-7-9-14-25-21(29)20(18-12-10-17(3)11-13-18)27(15-8-2)22(30)19(16-28)26-23(31)32-24(4,5)6/h8,10-13,19-20,28H,2,7,9,14-16H2,1,3-6H3,(H,25,29)(H,26,31). The number of carbonyl (C=O) groups excluding carboxylic acids is 3. The van der Waals surface area contributed by atoms with Crippen LogP contribution < -0.4 is 10.6 Å². The Balaban J connectivity index is 3.25. The number of benzene rings is 1. The maximum Gasteiger partial charge on any atom is 0.408 e. The van der Waals surface area contributed by atoms with Gasteiger partial charge in [0, 0.05) is 13.1 Å². The molecule has 0 aliphatic carbocycles. The molecule has 178 valence electrons. The summed E-state index contributed by atoms with van der Waals surface area (Å²) >= 11 is 0. The van der Waals surface area contributed by atoms with Crippen molar-refractivity contribution >= 4 is 17.9 Å². The number of hydrogen-bond donors (Lipinski definition) is 3. The molecule has 0 aliphatic rings. The van der Waals surface area contributed by atoms with Gasteiger partial charge < -0.3 is 25.4 Å². The van der Waals surface area contributed by atoms with Crippen LogP contribution in [0, 0.1) is 6.92 Å². The maximum absolute atomic E-state index is 13.3. The Kier molecular flexibility index (Phi) is 10.9. The summed E-state index contributed by atoms with van der Waals surface area (Å²) in [5.74, 6) is -0.957. The van der Waals surface area contributed by atoms with Crippen LogP contribution in [0.25, 0.3) is 0 Å². The predicted octanol–water partition coefficient (Wildman–Crippen LogP) is 2.85. The highest BCUT2D eigenvalue weighted by Gasteiger charge is 2.35. The zero-order valence-corrected chi connectivity index (χ0v) is 19.8. The van der Waals surface area contributed by atoms with E-state index < -0.39 is 36.3 Å². The lowest BCUT2D eigenvalue weighted by atomic mass is 10.0. The Morgan fingerprint density at radius 1 is 1.22 bits per heavy atom. The van der Waals surface area contributed by atoms with Crippen LogP contribution in [-0.4, -0.2) is 59.3 Å². The smallest absolute Gasteiger partial charge is 0.408 e. The fourth-order valence-electron chi connectivity index (χ4n) is 3.00. The molecule has 8 heteroatoms. The van der Waals surface area contributed by atoms with E-state index in [0.29, 0.717) is 12.1 Å². The minimum absolute atomic E-state index is 0.0467. The molecular weight excluding hydrogens is 410 g/mol. The van der Waals surface area contributed by atoms with E-state index in [1.807, 2.05) is 26.0 Å². The average molecular weight is 448 g/mol. The van der Waals surface area contributed by atoms with Crippen LogP contribution in [0.1, 0.15) is 57.7 Å². The number of nitrogens with one attached hydrogen (secondary N) is 2. The average Bonchev–Trinajstić information content (AvgIpc) is 2.71. The summed E-state index contributed by atoms with van der Waals surface area (Å²) in [6, 6.07) is 5.07. The van der Waals surface area contributed by atoms with Crippen molar-refractivity contribution < 1.29 is 24.2 Å². The van der Waals surface area contributed by atoms with Gasteiger partial charge in [0.1, 0.15) is 17.7 Å². The molecule has 1 aromatic carbocycles. The molecule has 1 aromatic rings. The van der Waals surface area contributed by atoms with E-state index in [1.54, 1.807) is 32.9 Å². The van der Waals surface area contributed by atoms with Crippen LogP contribution in [0.3, 0.4) is 0 Å². The van der Waals surface area contributed by atoms with E-state index in [-0.39, 0.29) is 12.5 Å². The second-order valence-electron chi connectivity index (χ2n) is 8.62. The lowest BCUT2D eigenvalue weighted by Gasteiger charge is -2.33. The number of aliphatic hydroxyl groups is 1. The molecule has 0 spiro atoms. The fraction of sp³-hybridized carbons (Fsp3) is 0.542. The van der Waals surface area contributed by atoms with Gasteiger partial charge in [-0.05, 0) is 39.7 Å². The minimum atomic E-state index is -1.28. The molecule has 0 fully saturated rings. The lowest BCUT2D eigenvalue weighted by molar-refractivity contribution is -0.142. The minimum Gasteiger partial charge on any atom is -0.444 e. The summed E-state index contributed by atoms with van der Waals surface area (Å²) in [7, 11) is 0. The molecule has 0 saturated carbocycles. The Bertz CT molecular complexity index is 771. The Labute approximate surface area is 191 Å². The van der Waals surface area contributed by atoms with Gasteiger partial charge >= 0.3 is 6.09 Å². The van der Waals surface area contributed by atoms with Gasteiger partial charge in [0.05, 0.1) is 6.61 Å². The number of hydrogen-bond acceptors (Lipinski definition) is 5. The van der Waals surface area contributed by atoms with Gasteiger partial charge in [-0.2, -0.15) is 0 Å². The molecule has 0 heterocycles. The van der Waals surface area contributed by atoms with Gasteiger partial charge in [-0.15, -0.1) is 6.58 Å². The van der Waals surface area contributed by atoms with Crippen molar-refractivity contribution in [2.45, 2.75) is 65.1 Å². The molecule has 0 saturated heterocycles. The molecular formula is C24H37N3O5. The number of ether oxygens (including phenoxy) is 1. The predicted molar refractivity (Wildman–Crippen MR) is 124 cm³/mol. The van der Waals surface area contributed by atoms with Crippen LogP contribution in [0.15, 0.2) is 36.9 Å². The van der Waals surface area contributed by atoms with Crippen LogP contribution >= 0.6 is 0 Å². The monoisotopic (exact) mass is 447 g/mol. The molecule has 2 unspecified atom stereocenters. The molecule has 32 heavy (non-hydrogen) atoms. The highest BCUT2D eigenvalue weighted by molar-refractivity contribution is 5.92. The molecule has 1 rings (SSSR count). The number of unbranched alkanes of at least 4 members (excludes halogenated alkanes) is 1. The van der Waals surface area contributed by atoms with Crippen molar-refractivity contribution in [1.82, 2.24) is 15.5 Å². The van der Waals surface area contributed by atoms with E-state index in [0.717, 1.165) is 18.4 Å². The van der Waals surface area contributed by atoms with Crippen molar-refractivity contribution in [3.63, 3.8) is 0 Å². The third-order valence-electron chi connectivity index (χ3n) is 4.56. The second kappa shape index (κ2) is 12.9. The van der Waals surface area contributed by atoms with Crippen molar-refractivity contribution in [3.8, 4) is 0 Å². The zero-order chi connectivity index (χ0) is 24.3. The first kappa shape index (κ1) is 27.2. The molecule has 0 aliphatic heterocycles. The Hall–Kier alpha value is -2.87. The highest BCUT2D eigenvalue weighted by atomic mass is 16.6. The van der Waals surface area contributed by atoms with Gasteiger partial charge in [0.2, 0.25) is 11.8 Å². The van der Waals surface area contributed by atoms with Gasteiger partial charge in [0.25, 0.3) is 0 Å². The second-order valence-corrected chi connectivity index (χ2v) is 8.62. The first-order valence-corrected chi connectivity index (χ1v) is 10.9. The molecule has 0 radical (unpaired) electrons. The largest absolute Gasteiger partial charge is 0.444 e. The van der Waals surface area contributed by atoms with E-state index in [9.17, 15) is 19.5 Å². The third-order valence-corrected chi connectivity index (χ3v) is 4.56. The topological polar surface area (TPSA) is 108 Å². The highest BCUT2D eigenvalue weighted by Crippen LogP contribution is 2.23. The van der Waals surface area contributed by atoms with E-state index in [2.05, 4.69) is 17.2 Å². The van der Waals surface area contributed by atoms with Crippen molar-refractivity contribution in [3.05, 3.63) is 48.0 Å². The molecule has 3 N–H and O–H groups in total. The first-order valence-electron chi connectivity index (χ1n) is 10.9. The van der Waals surface area contributed by atoms with Gasteiger partial charge in [0.15, 0.2) is 0 Å². The fourth-order valence-corrected chi connectivity index (χ4v) is 3.00. The van der Waals surface area contributed by atoms with E-state index in [4.69, 9.17) is 4.74 Å². The molecule has 8 nitrogen and oxygen atoms in total. The van der Waals surface area contributed by atoms with E-state index in [1.165, 1.54) is 11.0 Å². The number of amides is 3. The molecule has 0 bridgehead atoms. The van der Waals surface area contributed by atoms with Gasteiger partial charge in [-0.25, -0.2) is 4.79 Å². The summed E-state index contributed by atoms with van der Waals surface area (Å²) in [6.45, 7) is 12.6. The van der Waals surface area contributed by atoms with Crippen molar-refractivity contribution in [2.24, 2.45) is 0 Å². The number of carbonyl (C=O) groups is 3. The van der Waals surface area contributed by atoms with Crippen LogP contribution in [-0.2, 0) is 14.3 Å². The number of aliphatic hydroxyl groups excluding tert-OH is 1. The maximum atomic E-state index is 13.3. The Morgan fingerprint density at radius 2 is 1.84 bits per heavy atom. The van der Waals surface area contributed by atoms with Gasteiger partial charge in [-0.1, -0.05) is 49.2 Å². The normalized spacial score (nSPS) is 12.9. The lowest BCUT2D eigenvalue weighted by Crippen LogP contribution is -2.54. The molecule has 3 amide bonds. The summed E-state index contributed by atoms with van der Waals surface area (Å²) in [5, 5.41) is 15.1. The Morgan fingerprint density at radius 3 is 2.34 bits per heavy atom. The van der Waals surface area contributed by atoms with Crippen LogP contribution in [0.4, 0.5) is 4.79 Å². The number of nitrogens with zero attached hydrogens (tertiary/aromatic N) is 1. The number of rotatable bonds is 11.